The second kappa shape index (κ2) is 7.17. The molecule has 0 bridgehead atoms. The van der Waals surface area contributed by atoms with Gasteiger partial charge in [0.1, 0.15) is 22.6 Å². The fourth-order valence-corrected chi connectivity index (χ4v) is 5.71. The van der Waals surface area contributed by atoms with Crippen LogP contribution in [-0.4, -0.2) is 28.3 Å². The third kappa shape index (κ3) is 3.50. The maximum absolute atomic E-state index is 13.8. The lowest BCUT2D eigenvalue weighted by molar-refractivity contribution is -0.191. The first-order valence-electron chi connectivity index (χ1n) is 11.0. The summed E-state index contributed by atoms with van der Waals surface area (Å²) in [4.78, 5) is 13.1. The molecule has 7 heteroatoms. The first kappa shape index (κ1) is 22.0. The summed E-state index contributed by atoms with van der Waals surface area (Å²) < 4.78 is 47.7. The lowest BCUT2D eigenvalue weighted by Gasteiger charge is -2.46. The second-order valence-corrected chi connectivity index (χ2v) is 9.96. The molecule has 4 nitrogen and oxygen atoms in total. The van der Waals surface area contributed by atoms with E-state index < -0.39 is 23.2 Å². The lowest BCUT2D eigenvalue weighted by Crippen LogP contribution is -2.57. The Morgan fingerprint density at radius 3 is 2.48 bits per heavy atom. The van der Waals surface area contributed by atoms with Crippen LogP contribution < -0.4 is 10.1 Å². The normalized spacial score (nSPS) is 26.4. The van der Waals surface area contributed by atoms with Crippen LogP contribution in [0.4, 0.5) is 13.2 Å². The summed E-state index contributed by atoms with van der Waals surface area (Å²) in [5, 5.41) is 13.4. The second-order valence-electron chi connectivity index (χ2n) is 9.96. The zero-order valence-corrected chi connectivity index (χ0v) is 18.4. The summed E-state index contributed by atoms with van der Waals surface area (Å²) in [6, 6.07) is 1.68. The van der Waals surface area contributed by atoms with Crippen molar-refractivity contribution in [2.75, 3.05) is 0 Å². The summed E-state index contributed by atoms with van der Waals surface area (Å²) in [5.41, 5.74) is -0.685. The molecule has 2 aliphatic carbocycles. The van der Waals surface area contributed by atoms with Crippen LogP contribution in [0.5, 0.6) is 11.5 Å². The number of phenolic OH excluding ortho intramolecular Hbond substituents is 1. The van der Waals surface area contributed by atoms with Gasteiger partial charge in [-0.15, -0.1) is 0 Å². The SMILES string of the molecule is CC1=CC2c3c(cc(C)c(C(=O)NC4(C(F)(F)F)CCCC4)c3O)OC(C)(C)C2CC1. The number of carbonyl (C=O) groups is 1. The average molecular weight is 438 g/mol. The molecule has 1 saturated carbocycles. The zero-order valence-electron chi connectivity index (χ0n) is 18.4. The summed E-state index contributed by atoms with van der Waals surface area (Å²) in [6.07, 6.45) is -0.103. The number of carbonyl (C=O) groups excluding carboxylic acids is 1. The molecule has 2 N–H and O–H groups in total. The van der Waals surface area contributed by atoms with Gasteiger partial charge in [-0.05, 0) is 65.0 Å². The summed E-state index contributed by atoms with van der Waals surface area (Å²) >= 11 is 0. The first-order valence-corrected chi connectivity index (χ1v) is 11.0. The van der Waals surface area contributed by atoms with Crippen LogP contribution in [0.2, 0.25) is 0 Å². The van der Waals surface area contributed by atoms with Crippen molar-refractivity contribution in [3.63, 3.8) is 0 Å². The highest BCUT2D eigenvalue weighted by Gasteiger charge is 2.57. The maximum Gasteiger partial charge on any atom is 0.411 e. The molecule has 0 radical (unpaired) electrons. The van der Waals surface area contributed by atoms with E-state index in [0.717, 1.165) is 12.8 Å². The number of aryl methyl sites for hydroxylation is 1. The molecule has 3 aliphatic rings. The molecule has 1 fully saturated rings. The van der Waals surface area contributed by atoms with Crippen molar-refractivity contribution in [2.45, 2.75) is 89.5 Å². The Balaban J connectivity index is 1.79. The molecule has 0 saturated heterocycles. The minimum Gasteiger partial charge on any atom is -0.507 e. The van der Waals surface area contributed by atoms with Crippen LogP contribution in [0, 0.1) is 12.8 Å². The number of rotatable bonds is 2. The Morgan fingerprint density at radius 1 is 1.23 bits per heavy atom. The van der Waals surface area contributed by atoms with Gasteiger partial charge in [0.15, 0.2) is 0 Å². The average Bonchev–Trinajstić information content (AvgIpc) is 3.10. The predicted octanol–water partition coefficient (Wildman–Crippen LogP) is 5.92. The van der Waals surface area contributed by atoms with E-state index in [4.69, 9.17) is 4.74 Å². The molecule has 1 aromatic carbocycles. The van der Waals surface area contributed by atoms with Crippen molar-refractivity contribution >= 4 is 5.91 Å². The lowest BCUT2D eigenvalue weighted by atomic mass is 9.67. The number of benzene rings is 1. The molecule has 1 heterocycles. The van der Waals surface area contributed by atoms with Gasteiger partial charge in [-0.3, -0.25) is 4.79 Å². The number of phenols is 1. The Morgan fingerprint density at radius 2 is 1.87 bits per heavy atom. The third-order valence-corrected chi connectivity index (χ3v) is 7.43. The zero-order chi connectivity index (χ0) is 22.8. The fourth-order valence-electron chi connectivity index (χ4n) is 5.71. The molecule has 2 atom stereocenters. The van der Waals surface area contributed by atoms with Crippen molar-refractivity contribution in [2.24, 2.45) is 5.92 Å². The van der Waals surface area contributed by atoms with Crippen LogP contribution in [0.1, 0.15) is 86.7 Å². The first-order chi connectivity index (χ1) is 14.4. The summed E-state index contributed by atoms with van der Waals surface area (Å²) in [7, 11) is 0. The topological polar surface area (TPSA) is 58.6 Å². The molecule has 0 spiro atoms. The van der Waals surface area contributed by atoms with E-state index in [-0.39, 0.29) is 36.0 Å². The van der Waals surface area contributed by atoms with Gasteiger partial charge in [0.25, 0.3) is 5.91 Å². The molecule has 1 aliphatic heterocycles. The van der Waals surface area contributed by atoms with E-state index in [0.29, 0.717) is 29.7 Å². The van der Waals surface area contributed by atoms with Gasteiger partial charge < -0.3 is 15.2 Å². The monoisotopic (exact) mass is 437 g/mol. The number of allylic oxidation sites excluding steroid dienone is 2. The molecule has 0 aromatic heterocycles. The van der Waals surface area contributed by atoms with Crippen molar-refractivity contribution in [3.05, 3.63) is 34.4 Å². The van der Waals surface area contributed by atoms with Crippen LogP contribution in [-0.2, 0) is 0 Å². The minimum absolute atomic E-state index is 0.0899. The van der Waals surface area contributed by atoms with Crippen LogP contribution in [0.25, 0.3) is 0 Å². The Bertz CT molecular complexity index is 942. The predicted molar refractivity (Wildman–Crippen MR) is 111 cm³/mol. The number of hydrogen-bond donors (Lipinski definition) is 2. The van der Waals surface area contributed by atoms with E-state index in [1.807, 2.05) is 20.8 Å². The van der Waals surface area contributed by atoms with Crippen LogP contribution in [0.15, 0.2) is 17.7 Å². The van der Waals surface area contributed by atoms with Gasteiger partial charge in [-0.1, -0.05) is 24.5 Å². The van der Waals surface area contributed by atoms with E-state index in [9.17, 15) is 23.1 Å². The smallest absolute Gasteiger partial charge is 0.411 e. The number of halogens is 3. The number of alkyl halides is 3. The molecule has 170 valence electrons. The molecule has 1 amide bonds. The fraction of sp³-hybridized carbons (Fsp3) is 0.625. The molecule has 31 heavy (non-hydrogen) atoms. The minimum atomic E-state index is -4.54. The van der Waals surface area contributed by atoms with Crippen LogP contribution >= 0.6 is 0 Å². The number of aromatic hydroxyl groups is 1. The number of ether oxygens (including phenoxy) is 1. The highest BCUT2D eigenvalue weighted by atomic mass is 19.4. The van der Waals surface area contributed by atoms with E-state index in [2.05, 4.69) is 11.4 Å². The van der Waals surface area contributed by atoms with Gasteiger partial charge in [0.05, 0.1) is 5.56 Å². The molecule has 1 aromatic rings. The molecule has 4 rings (SSSR count). The Hall–Kier alpha value is -2.18. The summed E-state index contributed by atoms with van der Waals surface area (Å²) in [6.45, 7) is 7.68. The van der Waals surface area contributed by atoms with Gasteiger partial charge in [-0.2, -0.15) is 13.2 Å². The van der Waals surface area contributed by atoms with Gasteiger partial charge >= 0.3 is 6.18 Å². The maximum atomic E-state index is 13.8. The van der Waals surface area contributed by atoms with Gasteiger partial charge in [-0.25, -0.2) is 0 Å². The van der Waals surface area contributed by atoms with Crippen molar-refractivity contribution in [3.8, 4) is 11.5 Å². The van der Waals surface area contributed by atoms with Crippen molar-refractivity contribution in [1.29, 1.82) is 0 Å². The quantitative estimate of drug-likeness (QED) is 0.565. The highest BCUT2D eigenvalue weighted by Crippen LogP contribution is 2.54. The van der Waals surface area contributed by atoms with Gasteiger partial charge in [0.2, 0.25) is 0 Å². The molecular weight excluding hydrogens is 407 g/mol. The van der Waals surface area contributed by atoms with Crippen LogP contribution in [0.3, 0.4) is 0 Å². The summed E-state index contributed by atoms with van der Waals surface area (Å²) in [5.74, 6) is -0.698. The number of hydrogen-bond acceptors (Lipinski definition) is 3. The highest BCUT2D eigenvalue weighted by molar-refractivity contribution is 6.00. The molecular formula is C24H30F3NO3. The number of amides is 1. The van der Waals surface area contributed by atoms with Crippen molar-refractivity contribution < 1.29 is 27.8 Å². The Labute approximate surface area is 180 Å². The van der Waals surface area contributed by atoms with Crippen molar-refractivity contribution in [1.82, 2.24) is 5.32 Å². The standard InChI is InChI=1S/C24H30F3NO3/c1-13-7-8-16-15(11-13)19-17(31-22(16,3)4)12-14(2)18(20(19)29)21(30)28-23(24(25,26)27)9-5-6-10-23/h11-12,15-16,29H,5-10H2,1-4H3,(H,28,30). The third-order valence-electron chi connectivity index (χ3n) is 7.43. The van der Waals surface area contributed by atoms with Gasteiger partial charge in [0, 0.05) is 17.4 Å². The van der Waals surface area contributed by atoms with E-state index >= 15 is 0 Å². The molecule has 2 unspecified atom stereocenters. The largest absolute Gasteiger partial charge is 0.507 e. The van der Waals surface area contributed by atoms with E-state index in [1.165, 1.54) is 5.57 Å². The number of nitrogens with one attached hydrogen (secondary N) is 1. The number of fused-ring (bicyclic) bond motifs is 3. The Kier molecular flexibility index (Phi) is 5.10. The van der Waals surface area contributed by atoms with E-state index in [1.54, 1.807) is 13.0 Å².